The van der Waals surface area contributed by atoms with E-state index in [1.165, 1.54) is 0 Å². The number of pyridine rings is 1. The van der Waals surface area contributed by atoms with Crippen LogP contribution in [0.4, 0.5) is 11.5 Å². The molecule has 0 unspecified atom stereocenters. The first-order valence-corrected chi connectivity index (χ1v) is 10.4. The van der Waals surface area contributed by atoms with Gasteiger partial charge >= 0.3 is 0 Å². The van der Waals surface area contributed by atoms with Crippen LogP contribution >= 0.6 is 15.9 Å². The Balaban J connectivity index is 1.46. The zero-order valence-electron chi connectivity index (χ0n) is 15.2. The Kier molecular flexibility index (Phi) is 5.74. The van der Waals surface area contributed by atoms with Crippen molar-refractivity contribution in [3.8, 4) is 0 Å². The number of nitrogens with zero attached hydrogens (tertiary/aromatic N) is 1. The Bertz CT molecular complexity index is 817. The average Bonchev–Trinajstić information content (AvgIpc) is 3.52. The zero-order chi connectivity index (χ0) is 18.6. The predicted molar refractivity (Wildman–Crippen MR) is 110 cm³/mol. The fourth-order valence-corrected chi connectivity index (χ4v) is 3.80. The minimum absolute atomic E-state index is 0.00935. The van der Waals surface area contributed by atoms with Gasteiger partial charge in [0.25, 0.3) is 5.91 Å². The number of rotatable bonds is 6. The highest BCUT2D eigenvalue weighted by Crippen LogP contribution is 2.41. The van der Waals surface area contributed by atoms with Crippen molar-refractivity contribution in [2.24, 2.45) is 5.92 Å². The summed E-state index contributed by atoms with van der Waals surface area (Å²) >= 11 is 3.48. The van der Waals surface area contributed by atoms with Gasteiger partial charge in [0, 0.05) is 35.8 Å². The molecule has 1 aliphatic carbocycles. The van der Waals surface area contributed by atoms with Crippen molar-refractivity contribution in [2.75, 3.05) is 25.1 Å². The number of amides is 1. The van der Waals surface area contributed by atoms with Crippen LogP contribution in [-0.2, 0) is 4.74 Å². The summed E-state index contributed by atoms with van der Waals surface area (Å²) in [5.74, 6) is 1.68. The van der Waals surface area contributed by atoms with E-state index in [0.29, 0.717) is 23.9 Å². The number of nitrogens with one attached hydrogen (secondary N) is 2. The molecule has 1 aromatic carbocycles. The second kappa shape index (κ2) is 8.40. The number of anilines is 2. The molecule has 0 radical (unpaired) electrons. The molecule has 2 aliphatic rings. The Hall–Kier alpha value is -1.92. The monoisotopic (exact) mass is 429 g/mol. The molecule has 0 bridgehead atoms. The summed E-state index contributed by atoms with van der Waals surface area (Å²) in [4.78, 5) is 17.5. The van der Waals surface area contributed by atoms with E-state index in [9.17, 15) is 4.79 Å². The second-order valence-corrected chi connectivity index (χ2v) is 8.22. The molecule has 4 rings (SSSR count). The Labute approximate surface area is 168 Å². The SMILES string of the molecule is O=C(NCC1CCOCC1)c1ccc(Nc2cccc(Br)c2)nc1C1CC1. The number of aromatic nitrogens is 1. The molecular formula is C21H24BrN3O2. The molecule has 5 nitrogen and oxygen atoms in total. The van der Waals surface area contributed by atoms with E-state index in [1.54, 1.807) is 0 Å². The number of hydrogen-bond acceptors (Lipinski definition) is 4. The summed E-state index contributed by atoms with van der Waals surface area (Å²) in [6.07, 6.45) is 4.24. The fraction of sp³-hybridized carbons (Fsp3) is 0.429. The number of halogens is 1. The van der Waals surface area contributed by atoms with Crippen molar-refractivity contribution >= 4 is 33.3 Å². The van der Waals surface area contributed by atoms with Crippen molar-refractivity contribution < 1.29 is 9.53 Å². The van der Waals surface area contributed by atoms with Gasteiger partial charge in [0.1, 0.15) is 5.82 Å². The van der Waals surface area contributed by atoms with Crippen molar-refractivity contribution in [3.63, 3.8) is 0 Å². The van der Waals surface area contributed by atoms with E-state index in [0.717, 1.165) is 60.6 Å². The highest BCUT2D eigenvalue weighted by molar-refractivity contribution is 9.10. The van der Waals surface area contributed by atoms with Crippen LogP contribution in [0.15, 0.2) is 40.9 Å². The normalized spacial score (nSPS) is 17.5. The molecule has 2 fully saturated rings. The van der Waals surface area contributed by atoms with Crippen molar-refractivity contribution in [2.45, 2.75) is 31.6 Å². The molecule has 2 aromatic rings. The average molecular weight is 430 g/mol. The molecule has 1 saturated carbocycles. The van der Waals surface area contributed by atoms with E-state index >= 15 is 0 Å². The standard InChI is InChI=1S/C21H24BrN3O2/c22-16-2-1-3-17(12-16)24-19-7-6-18(20(25-19)15-4-5-15)21(26)23-13-14-8-10-27-11-9-14/h1-3,6-7,12,14-15H,4-5,8-11,13H2,(H,23,26)(H,24,25). The zero-order valence-corrected chi connectivity index (χ0v) is 16.8. The molecular weight excluding hydrogens is 406 g/mol. The molecule has 1 saturated heterocycles. The molecule has 2 heterocycles. The minimum atomic E-state index is -0.00935. The van der Waals surface area contributed by atoms with E-state index in [-0.39, 0.29) is 5.91 Å². The molecule has 0 atom stereocenters. The summed E-state index contributed by atoms with van der Waals surface area (Å²) in [5.41, 5.74) is 2.60. The predicted octanol–water partition coefficient (Wildman–Crippen LogP) is 4.62. The van der Waals surface area contributed by atoms with Crippen molar-refractivity contribution in [3.05, 3.63) is 52.1 Å². The molecule has 2 N–H and O–H groups in total. The minimum Gasteiger partial charge on any atom is -0.381 e. The maximum absolute atomic E-state index is 12.7. The smallest absolute Gasteiger partial charge is 0.253 e. The topological polar surface area (TPSA) is 63.2 Å². The lowest BCUT2D eigenvalue weighted by atomic mass is 10.00. The molecule has 0 spiro atoms. The fourth-order valence-electron chi connectivity index (χ4n) is 3.40. The highest BCUT2D eigenvalue weighted by Gasteiger charge is 2.30. The van der Waals surface area contributed by atoms with Gasteiger partial charge in [-0.25, -0.2) is 4.98 Å². The van der Waals surface area contributed by atoms with Crippen LogP contribution in [0.1, 0.15) is 47.7 Å². The van der Waals surface area contributed by atoms with Crippen LogP contribution in [0.25, 0.3) is 0 Å². The third-order valence-corrected chi connectivity index (χ3v) is 5.62. The quantitative estimate of drug-likeness (QED) is 0.702. The van der Waals surface area contributed by atoms with Gasteiger partial charge in [0.2, 0.25) is 0 Å². The lowest BCUT2D eigenvalue weighted by Gasteiger charge is -2.22. The Morgan fingerprint density at radius 2 is 1.96 bits per heavy atom. The third-order valence-electron chi connectivity index (χ3n) is 5.12. The molecule has 1 aromatic heterocycles. The first-order valence-electron chi connectivity index (χ1n) is 9.58. The maximum Gasteiger partial charge on any atom is 0.253 e. The number of carbonyl (C=O) groups excluding carboxylic acids is 1. The summed E-state index contributed by atoms with van der Waals surface area (Å²) < 4.78 is 6.40. The first-order chi connectivity index (χ1) is 13.2. The molecule has 27 heavy (non-hydrogen) atoms. The Morgan fingerprint density at radius 1 is 1.15 bits per heavy atom. The Morgan fingerprint density at radius 3 is 2.70 bits per heavy atom. The van der Waals surface area contributed by atoms with Crippen LogP contribution in [0, 0.1) is 5.92 Å². The van der Waals surface area contributed by atoms with Gasteiger partial charge in [0.15, 0.2) is 0 Å². The summed E-state index contributed by atoms with van der Waals surface area (Å²) in [6.45, 7) is 2.31. The van der Waals surface area contributed by atoms with Gasteiger partial charge in [-0.2, -0.15) is 0 Å². The highest BCUT2D eigenvalue weighted by atomic mass is 79.9. The molecule has 6 heteroatoms. The van der Waals surface area contributed by atoms with Crippen LogP contribution in [0.2, 0.25) is 0 Å². The van der Waals surface area contributed by atoms with Crippen molar-refractivity contribution in [1.29, 1.82) is 0 Å². The number of carbonyl (C=O) groups is 1. The van der Waals surface area contributed by atoms with Crippen LogP contribution in [0.3, 0.4) is 0 Å². The summed E-state index contributed by atoms with van der Waals surface area (Å²) in [7, 11) is 0. The van der Waals surface area contributed by atoms with Gasteiger partial charge in [-0.15, -0.1) is 0 Å². The van der Waals surface area contributed by atoms with Gasteiger partial charge in [0.05, 0.1) is 11.3 Å². The lowest BCUT2D eigenvalue weighted by Crippen LogP contribution is -2.32. The van der Waals surface area contributed by atoms with Crippen LogP contribution in [0.5, 0.6) is 0 Å². The van der Waals surface area contributed by atoms with Gasteiger partial charge in [-0.05, 0) is 61.9 Å². The molecule has 142 valence electrons. The van der Waals surface area contributed by atoms with E-state index in [4.69, 9.17) is 9.72 Å². The second-order valence-electron chi connectivity index (χ2n) is 7.30. The summed E-state index contributed by atoms with van der Waals surface area (Å²) in [6, 6.07) is 11.8. The van der Waals surface area contributed by atoms with Crippen molar-refractivity contribution in [1.82, 2.24) is 10.3 Å². The van der Waals surface area contributed by atoms with E-state index < -0.39 is 0 Å². The largest absolute Gasteiger partial charge is 0.381 e. The summed E-state index contributed by atoms with van der Waals surface area (Å²) in [5, 5.41) is 6.44. The number of benzene rings is 1. The number of ether oxygens (including phenoxy) is 1. The third kappa shape index (κ3) is 4.87. The van der Waals surface area contributed by atoms with Gasteiger partial charge in [-0.1, -0.05) is 22.0 Å². The maximum atomic E-state index is 12.7. The molecule has 1 aliphatic heterocycles. The van der Waals surface area contributed by atoms with Gasteiger partial charge < -0.3 is 15.4 Å². The lowest BCUT2D eigenvalue weighted by molar-refractivity contribution is 0.0642. The first kappa shape index (κ1) is 18.4. The molecule has 1 amide bonds. The van der Waals surface area contributed by atoms with E-state index in [2.05, 4.69) is 26.6 Å². The van der Waals surface area contributed by atoms with E-state index in [1.807, 2.05) is 36.4 Å². The van der Waals surface area contributed by atoms with Crippen LogP contribution < -0.4 is 10.6 Å². The number of hydrogen-bond donors (Lipinski definition) is 2. The van der Waals surface area contributed by atoms with Crippen LogP contribution in [-0.4, -0.2) is 30.6 Å². The van der Waals surface area contributed by atoms with Gasteiger partial charge in [-0.3, -0.25) is 4.79 Å².